The quantitative estimate of drug-likeness (QED) is 0.605. The Hall–Kier alpha value is -3.94. The van der Waals surface area contributed by atoms with Crippen LogP contribution in [0.1, 0.15) is 30.8 Å². The first-order chi connectivity index (χ1) is 15.4. The van der Waals surface area contributed by atoms with Gasteiger partial charge in [-0.25, -0.2) is 9.98 Å². The number of anilines is 1. The van der Waals surface area contributed by atoms with Gasteiger partial charge in [0.2, 0.25) is 5.88 Å². The van der Waals surface area contributed by atoms with E-state index >= 15 is 0 Å². The lowest BCUT2D eigenvalue weighted by atomic mass is 10.1. The van der Waals surface area contributed by atoms with Crippen LogP contribution in [0.4, 0.5) is 5.69 Å². The summed E-state index contributed by atoms with van der Waals surface area (Å²) in [7, 11) is 1.69. The molecule has 164 valence electrons. The van der Waals surface area contributed by atoms with Gasteiger partial charge in [0.05, 0.1) is 11.9 Å². The van der Waals surface area contributed by atoms with Gasteiger partial charge in [-0.1, -0.05) is 12.1 Å². The summed E-state index contributed by atoms with van der Waals surface area (Å²) in [5.74, 6) is 0.442. The zero-order chi connectivity index (χ0) is 22.8. The first kappa shape index (κ1) is 21.3. The number of carbonyl (C=O) groups excluding carboxylic acids is 1. The Morgan fingerprint density at radius 3 is 2.53 bits per heavy atom. The van der Waals surface area contributed by atoms with Crippen molar-refractivity contribution in [3.8, 4) is 5.88 Å². The third-order valence-corrected chi connectivity index (χ3v) is 5.50. The number of nitrogens with zero attached hydrogens (tertiary/aromatic N) is 6. The summed E-state index contributed by atoms with van der Waals surface area (Å²) >= 11 is 0. The fraction of sp³-hybridized carbons (Fsp3) is 0.250. The van der Waals surface area contributed by atoms with Gasteiger partial charge in [-0.15, -0.1) is 0 Å². The van der Waals surface area contributed by atoms with Gasteiger partial charge in [-0.2, -0.15) is 0 Å². The lowest BCUT2D eigenvalue weighted by molar-refractivity contribution is -0.121. The van der Waals surface area contributed by atoms with Crippen molar-refractivity contribution in [3.05, 3.63) is 65.4 Å². The molecule has 8 heteroatoms. The standard InChI is InChI=1S/C24H26N6O2/c1-5-29(6-2)19-10-7-17(8-11-19)13-20-24(32)28(4)21(27-20)12-9-18-15-30-22(14-25-18)26-16(3)23(30)31/h7-15,31H,5-6H2,1-4H3/b12-9+,20-13?. The minimum absolute atomic E-state index is 0.0831. The van der Waals surface area contributed by atoms with Crippen molar-refractivity contribution in [2.75, 3.05) is 25.0 Å². The molecule has 0 unspecified atom stereocenters. The number of rotatable bonds is 6. The summed E-state index contributed by atoms with van der Waals surface area (Å²) in [5, 5.41) is 10.1. The van der Waals surface area contributed by atoms with Gasteiger partial charge in [0.1, 0.15) is 17.2 Å². The maximum absolute atomic E-state index is 12.7. The molecule has 0 saturated carbocycles. The molecule has 8 nitrogen and oxygen atoms in total. The van der Waals surface area contributed by atoms with E-state index < -0.39 is 0 Å². The van der Waals surface area contributed by atoms with Crippen LogP contribution in [0.25, 0.3) is 17.8 Å². The van der Waals surface area contributed by atoms with Gasteiger partial charge >= 0.3 is 0 Å². The minimum atomic E-state index is -0.163. The number of aryl methyl sites for hydroxylation is 1. The van der Waals surface area contributed by atoms with Crippen molar-refractivity contribution >= 4 is 35.2 Å². The van der Waals surface area contributed by atoms with Crippen LogP contribution in [0.2, 0.25) is 0 Å². The van der Waals surface area contributed by atoms with Crippen molar-refractivity contribution in [3.63, 3.8) is 0 Å². The van der Waals surface area contributed by atoms with Gasteiger partial charge in [0.15, 0.2) is 5.65 Å². The molecule has 3 heterocycles. The molecule has 1 N–H and O–H groups in total. The maximum atomic E-state index is 12.7. The SMILES string of the molecule is CCN(CC)c1ccc(C=C2N=C(/C=C/c3cn4c(O)c(C)nc4cn3)N(C)C2=O)cc1. The number of hydrogen-bond donors (Lipinski definition) is 1. The summed E-state index contributed by atoms with van der Waals surface area (Å²) in [6, 6.07) is 8.11. The molecule has 1 aliphatic rings. The maximum Gasteiger partial charge on any atom is 0.277 e. The Bertz CT molecular complexity index is 1250. The second-order valence-corrected chi connectivity index (χ2v) is 7.52. The van der Waals surface area contributed by atoms with Gasteiger partial charge in [-0.3, -0.25) is 19.1 Å². The molecule has 0 bridgehead atoms. The topological polar surface area (TPSA) is 86.3 Å². The zero-order valence-electron chi connectivity index (χ0n) is 18.6. The van der Waals surface area contributed by atoms with E-state index in [0.29, 0.717) is 28.6 Å². The Labute approximate surface area is 186 Å². The molecule has 0 atom stereocenters. The van der Waals surface area contributed by atoms with Crippen LogP contribution in [0.3, 0.4) is 0 Å². The molecular weight excluding hydrogens is 404 g/mol. The molecule has 0 radical (unpaired) electrons. The first-order valence-corrected chi connectivity index (χ1v) is 10.6. The average Bonchev–Trinajstić information content (AvgIpc) is 3.24. The van der Waals surface area contributed by atoms with Crippen molar-refractivity contribution in [2.45, 2.75) is 20.8 Å². The highest BCUT2D eigenvalue weighted by Crippen LogP contribution is 2.21. The first-order valence-electron chi connectivity index (χ1n) is 10.6. The van der Waals surface area contributed by atoms with Crippen molar-refractivity contribution < 1.29 is 9.90 Å². The smallest absolute Gasteiger partial charge is 0.277 e. The number of benzene rings is 1. The van der Waals surface area contributed by atoms with Gasteiger partial charge in [0, 0.05) is 32.0 Å². The van der Waals surface area contributed by atoms with Crippen LogP contribution in [-0.4, -0.2) is 56.3 Å². The van der Waals surface area contributed by atoms with Crippen LogP contribution in [0.5, 0.6) is 5.88 Å². The number of amidine groups is 1. The average molecular weight is 431 g/mol. The van der Waals surface area contributed by atoms with E-state index in [2.05, 4.69) is 45.8 Å². The van der Waals surface area contributed by atoms with E-state index in [0.717, 1.165) is 24.3 Å². The highest BCUT2D eigenvalue weighted by Gasteiger charge is 2.25. The number of amides is 1. The molecule has 0 fully saturated rings. The number of aromatic nitrogens is 3. The van der Waals surface area contributed by atoms with Crippen LogP contribution < -0.4 is 4.90 Å². The molecule has 32 heavy (non-hydrogen) atoms. The Morgan fingerprint density at radius 1 is 1.12 bits per heavy atom. The summed E-state index contributed by atoms with van der Waals surface area (Å²) in [6.07, 6.45) is 8.55. The van der Waals surface area contributed by atoms with Crippen LogP contribution in [0, 0.1) is 6.92 Å². The molecule has 1 aliphatic heterocycles. The Balaban J connectivity index is 1.56. The van der Waals surface area contributed by atoms with Crippen molar-refractivity contribution in [1.29, 1.82) is 0 Å². The monoisotopic (exact) mass is 430 g/mol. The zero-order valence-corrected chi connectivity index (χ0v) is 18.6. The highest BCUT2D eigenvalue weighted by atomic mass is 16.3. The lowest BCUT2D eigenvalue weighted by Crippen LogP contribution is -2.26. The molecule has 3 aromatic rings. The number of likely N-dealkylation sites (N-methyl/N-ethyl adjacent to an activating group) is 1. The Kier molecular flexibility index (Phi) is 5.77. The molecule has 1 aromatic carbocycles. The number of hydrogen-bond acceptors (Lipinski definition) is 6. The van der Waals surface area contributed by atoms with E-state index in [1.54, 1.807) is 49.0 Å². The normalized spacial score (nSPS) is 15.4. The van der Waals surface area contributed by atoms with Crippen LogP contribution in [0.15, 0.2) is 53.4 Å². The molecule has 0 aliphatic carbocycles. The van der Waals surface area contributed by atoms with Crippen LogP contribution in [-0.2, 0) is 4.79 Å². The predicted molar refractivity (Wildman–Crippen MR) is 127 cm³/mol. The number of carbonyl (C=O) groups is 1. The number of aromatic hydroxyl groups is 1. The molecular formula is C24H26N6O2. The van der Waals surface area contributed by atoms with E-state index in [1.165, 1.54) is 4.90 Å². The number of aliphatic imine (C=N–C) groups is 1. The minimum Gasteiger partial charge on any atom is -0.493 e. The van der Waals surface area contributed by atoms with Gasteiger partial charge < -0.3 is 10.0 Å². The molecule has 1 amide bonds. The summed E-state index contributed by atoms with van der Waals surface area (Å²) in [6.45, 7) is 7.88. The summed E-state index contributed by atoms with van der Waals surface area (Å²) in [4.78, 5) is 29.5. The largest absolute Gasteiger partial charge is 0.493 e. The Morgan fingerprint density at radius 2 is 1.84 bits per heavy atom. The van der Waals surface area contributed by atoms with Crippen molar-refractivity contribution in [2.24, 2.45) is 4.99 Å². The van der Waals surface area contributed by atoms with Gasteiger partial charge in [-0.05, 0) is 56.7 Å². The van der Waals surface area contributed by atoms with E-state index in [4.69, 9.17) is 0 Å². The highest BCUT2D eigenvalue weighted by molar-refractivity contribution is 6.18. The fourth-order valence-corrected chi connectivity index (χ4v) is 3.61. The summed E-state index contributed by atoms with van der Waals surface area (Å²) in [5.41, 5.74) is 4.18. The number of imidazole rings is 1. The molecule has 4 rings (SSSR count). The third kappa shape index (κ3) is 3.99. The van der Waals surface area contributed by atoms with E-state index in [-0.39, 0.29) is 11.8 Å². The lowest BCUT2D eigenvalue weighted by Gasteiger charge is -2.20. The number of fused-ring (bicyclic) bond motifs is 1. The van der Waals surface area contributed by atoms with Gasteiger partial charge in [0.25, 0.3) is 5.91 Å². The second-order valence-electron chi connectivity index (χ2n) is 7.52. The van der Waals surface area contributed by atoms with Crippen LogP contribution >= 0.6 is 0 Å². The fourth-order valence-electron chi connectivity index (χ4n) is 3.61. The second kappa shape index (κ2) is 8.66. The van der Waals surface area contributed by atoms with E-state index in [1.807, 2.05) is 12.1 Å². The van der Waals surface area contributed by atoms with Crippen molar-refractivity contribution in [1.82, 2.24) is 19.3 Å². The van der Waals surface area contributed by atoms with E-state index in [9.17, 15) is 9.90 Å². The predicted octanol–water partition coefficient (Wildman–Crippen LogP) is 3.51. The molecule has 0 saturated heterocycles. The summed E-state index contributed by atoms with van der Waals surface area (Å²) < 4.78 is 1.57. The third-order valence-electron chi connectivity index (χ3n) is 5.50. The molecule has 2 aromatic heterocycles. The molecule has 0 spiro atoms.